The normalized spacial score (nSPS) is 20.4. The van der Waals surface area contributed by atoms with Crippen LogP contribution < -0.4 is 0 Å². The van der Waals surface area contributed by atoms with Crippen LogP contribution in [0.15, 0.2) is 43.0 Å². The SMILES string of the molecule is CCN(Cc1ccncc1)C[C@]1(O)CCN(C(=O)Cn2cccn2)C1. The number of carbonyl (C=O) groups excluding carboxylic acids is 1. The summed E-state index contributed by atoms with van der Waals surface area (Å²) >= 11 is 0. The number of pyridine rings is 1. The Kier molecular flexibility index (Phi) is 5.45. The van der Waals surface area contributed by atoms with E-state index in [-0.39, 0.29) is 12.5 Å². The van der Waals surface area contributed by atoms with Crippen LogP contribution in [-0.4, -0.2) is 67.4 Å². The zero-order valence-corrected chi connectivity index (χ0v) is 14.6. The predicted molar refractivity (Wildman–Crippen MR) is 93.6 cm³/mol. The molecule has 1 aliphatic rings. The van der Waals surface area contributed by atoms with E-state index in [0.717, 1.165) is 13.1 Å². The molecule has 1 saturated heterocycles. The summed E-state index contributed by atoms with van der Waals surface area (Å²) in [6.07, 6.45) is 7.59. The van der Waals surface area contributed by atoms with Crippen molar-refractivity contribution in [1.29, 1.82) is 0 Å². The van der Waals surface area contributed by atoms with Gasteiger partial charge in [0.1, 0.15) is 6.54 Å². The number of carbonyl (C=O) groups is 1. The minimum Gasteiger partial charge on any atom is -0.387 e. The Morgan fingerprint density at radius 3 is 2.84 bits per heavy atom. The molecule has 7 nitrogen and oxygen atoms in total. The van der Waals surface area contributed by atoms with E-state index in [2.05, 4.69) is 21.9 Å². The van der Waals surface area contributed by atoms with Gasteiger partial charge in [-0.3, -0.25) is 19.4 Å². The molecule has 0 aliphatic carbocycles. The molecule has 3 heterocycles. The summed E-state index contributed by atoms with van der Waals surface area (Å²) in [6, 6.07) is 5.77. The molecular formula is C18H25N5O2. The van der Waals surface area contributed by atoms with E-state index < -0.39 is 5.60 Å². The van der Waals surface area contributed by atoms with Crippen molar-refractivity contribution in [1.82, 2.24) is 24.6 Å². The number of rotatable bonds is 7. The number of hydrogen-bond acceptors (Lipinski definition) is 5. The smallest absolute Gasteiger partial charge is 0.244 e. The molecule has 25 heavy (non-hydrogen) atoms. The molecule has 1 amide bonds. The number of nitrogens with zero attached hydrogens (tertiary/aromatic N) is 5. The molecule has 3 rings (SSSR count). The van der Waals surface area contributed by atoms with Gasteiger partial charge in [-0.15, -0.1) is 0 Å². The number of likely N-dealkylation sites (N-methyl/N-ethyl adjacent to an activating group) is 1. The first-order valence-electron chi connectivity index (χ1n) is 8.67. The summed E-state index contributed by atoms with van der Waals surface area (Å²) in [5.74, 6) is -0.00296. The molecule has 1 aliphatic heterocycles. The van der Waals surface area contributed by atoms with E-state index in [1.807, 2.05) is 12.1 Å². The maximum atomic E-state index is 12.4. The van der Waals surface area contributed by atoms with Crippen molar-refractivity contribution in [3.63, 3.8) is 0 Å². The molecule has 0 unspecified atom stereocenters. The molecule has 2 aromatic heterocycles. The molecular weight excluding hydrogens is 318 g/mol. The highest BCUT2D eigenvalue weighted by Gasteiger charge is 2.39. The highest BCUT2D eigenvalue weighted by molar-refractivity contribution is 5.76. The van der Waals surface area contributed by atoms with Crippen LogP contribution in [0.5, 0.6) is 0 Å². The molecule has 1 fully saturated rings. The van der Waals surface area contributed by atoms with Crippen molar-refractivity contribution in [2.24, 2.45) is 0 Å². The van der Waals surface area contributed by atoms with Gasteiger partial charge in [0.2, 0.25) is 5.91 Å². The van der Waals surface area contributed by atoms with Gasteiger partial charge in [0.25, 0.3) is 0 Å². The second kappa shape index (κ2) is 7.76. The van der Waals surface area contributed by atoms with Crippen LogP contribution in [0.2, 0.25) is 0 Å². The molecule has 134 valence electrons. The second-order valence-corrected chi connectivity index (χ2v) is 6.65. The van der Waals surface area contributed by atoms with Crippen molar-refractivity contribution in [2.45, 2.75) is 32.0 Å². The molecule has 0 aromatic carbocycles. The maximum absolute atomic E-state index is 12.4. The van der Waals surface area contributed by atoms with E-state index in [9.17, 15) is 9.90 Å². The van der Waals surface area contributed by atoms with Crippen LogP contribution in [-0.2, 0) is 17.9 Å². The van der Waals surface area contributed by atoms with Crippen molar-refractivity contribution in [3.05, 3.63) is 48.5 Å². The third kappa shape index (κ3) is 4.64. The Balaban J connectivity index is 1.55. The Bertz CT molecular complexity index is 676. The largest absolute Gasteiger partial charge is 0.387 e. The fourth-order valence-corrected chi connectivity index (χ4v) is 3.27. The highest BCUT2D eigenvalue weighted by atomic mass is 16.3. The first-order valence-corrected chi connectivity index (χ1v) is 8.67. The molecule has 0 saturated carbocycles. The maximum Gasteiger partial charge on any atom is 0.244 e. The lowest BCUT2D eigenvalue weighted by Crippen LogP contribution is -2.46. The number of amides is 1. The van der Waals surface area contributed by atoms with Gasteiger partial charge in [-0.25, -0.2) is 0 Å². The van der Waals surface area contributed by atoms with E-state index in [0.29, 0.717) is 26.1 Å². The summed E-state index contributed by atoms with van der Waals surface area (Å²) < 4.78 is 1.61. The van der Waals surface area contributed by atoms with E-state index in [1.165, 1.54) is 5.56 Å². The van der Waals surface area contributed by atoms with E-state index in [4.69, 9.17) is 0 Å². The number of β-amino-alcohol motifs (C(OH)–C–C–N with tert-alkyl or cyclic N) is 1. The molecule has 0 radical (unpaired) electrons. The quantitative estimate of drug-likeness (QED) is 0.804. The summed E-state index contributed by atoms with van der Waals surface area (Å²) in [7, 11) is 0. The second-order valence-electron chi connectivity index (χ2n) is 6.65. The van der Waals surface area contributed by atoms with Gasteiger partial charge >= 0.3 is 0 Å². The lowest BCUT2D eigenvalue weighted by molar-refractivity contribution is -0.132. The van der Waals surface area contributed by atoms with Gasteiger partial charge in [0.15, 0.2) is 0 Å². The van der Waals surface area contributed by atoms with Crippen molar-refractivity contribution >= 4 is 5.91 Å². The Labute approximate surface area is 147 Å². The van der Waals surface area contributed by atoms with Crippen LogP contribution in [0.25, 0.3) is 0 Å². The van der Waals surface area contributed by atoms with E-state index in [1.54, 1.807) is 40.4 Å². The summed E-state index contributed by atoms with van der Waals surface area (Å²) in [4.78, 5) is 20.4. The fourth-order valence-electron chi connectivity index (χ4n) is 3.27. The minimum absolute atomic E-state index is 0.00296. The molecule has 0 spiro atoms. The standard InChI is InChI=1S/C18H25N5O2/c1-2-21(12-16-4-8-19-9-5-16)14-18(25)6-11-22(15-18)17(24)13-23-10-3-7-20-23/h3-5,7-10,25H,2,6,11-15H2,1H3/t18-/m1/s1. The van der Waals surface area contributed by atoms with E-state index >= 15 is 0 Å². The van der Waals surface area contributed by atoms with Crippen LogP contribution in [0, 0.1) is 0 Å². The average Bonchev–Trinajstić information content (AvgIpc) is 3.25. The van der Waals surface area contributed by atoms with Crippen molar-refractivity contribution < 1.29 is 9.90 Å². The monoisotopic (exact) mass is 343 g/mol. The predicted octanol–water partition coefficient (Wildman–Crippen LogP) is 0.764. The van der Waals surface area contributed by atoms with Crippen LogP contribution in [0.4, 0.5) is 0 Å². The highest BCUT2D eigenvalue weighted by Crippen LogP contribution is 2.23. The van der Waals surface area contributed by atoms with Gasteiger partial charge in [-0.1, -0.05) is 6.92 Å². The summed E-state index contributed by atoms with van der Waals surface area (Å²) in [6.45, 7) is 5.42. The Morgan fingerprint density at radius 2 is 2.16 bits per heavy atom. The number of hydrogen-bond donors (Lipinski definition) is 1. The molecule has 7 heteroatoms. The zero-order chi connectivity index (χ0) is 17.7. The minimum atomic E-state index is -0.858. The van der Waals surface area contributed by atoms with Gasteiger partial charge in [-0.05, 0) is 36.7 Å². The topological polar surface area (TPSA) is 74.5 Å². The third-order valence-corrected chi connectivity index (χ3v) is 4.66. The van der Waals surface area contributed by atoms with Gasteiger partial charge < -0.3 is 10.0 Å². The molecule has 2 aromatic rings. The molecule has 1 N–H and O–H groups in total. The zero-order valence-electron chi connectivity index (χ0n) is 14.6. The number of likely N-dealkylation sites (tertiary alicyclic amines) is 1. The first-order chi connectivity index (χ1) is 12.1. The van der Waals surface area contributed by atoms with Crippen LogP contribution in [0.1, 0.15) is 18.9 Å². The first kappa shape index (κ1) is 17.6. The lowest BCUT2D eigenvalue weighted by atomic mass is 10.0. The number of aromatic nitrogens is 3. The van der Waals surface area contributed by atoms with Crippen molar-refractivity contribution in [2.75, 3.05) is 26.2 Å². The summed E-state index contributed by atoms with van der Waals surface area (Å²) in [5.41, 5.74) is 0.313. The van der Waals surface area contributed by atoms with Gasteiger partial charge in [0.05, 0.1) is 12.1 Å². The molecule has 0 bridgehead atoms. The van der Waals surface area contributed by atoms with Crippen LogP contribution >= 0.6 is 0 Å². The number of aliphatic hydroxyl groups is 1. The Hall–Kier alpha value is -2.25. The fraction of sp³-hybridized carbons (Fsp3) is 0.500. The average molecular weight is 343 g/mol. The van der Waals surface area contributed by atoms with Gasteiger partial charge in [0, 0.05) is 44.4 Å². The van der Waals surface area contributed by atoms with Crippen molar-refractivity contribution in [3.8, 4) is 0 Å². The van der Waals surface area contributed by atoms with Gasteiger partial charge in [-0.2, -0.15) is 5.10 Å². The summed E-state index contributed by atoms with van der Waals surface area (Å²) in [5, 5.41) is 15.0. The third-order valence-electron chi connectivity index (χ3n) is 4.66. The Morgan fingerprint density at radius 1 is 1.36 bits per heavy atom. The molecule has 1 atom stereocenters. The van der Waals surface area contributed by atoms with Crippen LogP contribution in [0.3, 0.4) is 0 Å². The lowest BCUT2D eigenvalue weighted by Gasteiger charge is -2.30.